The molecule has 2 rings (SSSR count). The van der Waals surface area contributed by atoms with Crippen LogP contribution in [0.2, 0.25) is 0 Å². The lowest BCUT2D eigenvalue weighted by atomic mass is 10.2. The Morgan fingerprint density at radius 3 is 2.77 bits per heavy atom. The summed E-state index contributed by atoms with van der Waals surface area (Å²) in [6.45, 7) is 0.603. The first kappa shape index (κ1) is 8.44. The van der Waals surface area contributed by atoms with Gasteiger partial charge in [-0.05, 0) is 25.0 Å². The zero-order valence-corrected chi connectivity index (χ0v) is 7.26. The molecule has 70 valence electrons. The summed E-state index contributed by atoms with van der Waals surface area (Å²) >= 11 is 0. The highest BCUT2D eigenvalue weighted by Crippen LogP contribution is 2.37. The number of hydrogen-bond donors (Lipinski definition) is 2. The van der Waals surface area contributed by atoms with Crippen LogP contribution in [-0.2, 0) is 0 Å². The number of aromatic nitrogens is 1. The number of nitrogens with zero attached hydrogens (tertiary/aromatic N) is 1. The molecule has 0 bridgehead atoms. The third-order valence-corrected chi connectivity index (χ3v) is 2.36. The minimum Gasteiger partial charge on any atom is -0.363 e. The van der Waals surface area contributed by atoms with E-state index in [2.05, 4.69) is 10.3 Å². The Hall–Kier alpha value is -1.16. The van der Waals surface area contributed by atoms with Crippen LogP contribution in [0.4, 0.5) is 10.2 Å². The van der Waals surface area contributed by atoms with Crippen molar-refractivity contribution in [1.29, 1.82) is 0 Å². The summed E-state index contributed by atoms with van der Waals surface area (Å²) < 4.78 is 12.5. The lowest BCUT2D eigenvalue weighted by molar-refractivity contribution is 0.621. The van der Waals surface area contributed by atoms with Crippen molar-refractivity contribution < 1.29 is 4.39 Å². The fraction of sp³-hybridized carbons (Fsp3) is 0.444. The van der Waals surface area contributed by atoms with Crippen LogP contribution in [0, 0.1) is 5.82 Å². The molecule has 0 atom stereocenters. The molecule has 1 saturated carbocycles. The topological polar surface area (TPSA) is 50.9 Å². The fourth-order valence-corrected chi connectivity index (χ4v) is 1.25. The molecular formula is C9H12FN3. The monoisotopic (exact) mass is 181 g/mol. The summed E-state index contributed by atoms with van der Waals surface area (Å²) in [6, 6.07) is 3.02. The lowest BCUT2D eigenvalue weighted by Gasteiger charge is -2.14. The second-order valence-electron chi connectivity index (χ2n) is 3.47. The van der Waals surface area contributed by atoms with Gasteiger partial charge in [0.05, 0.1) is 11.7 Å². The summed E-state index contributed by atoms with van der Waals surface area (Å²) in [5.74, 6) is 0.382. The van der Waals surface area contributed by atoms with Gasteiger partial charge < -0.3 is 11.1 Å². The van der Waals surface area contributed by atoms with Gasteiger partial charge in [0.1, 0.15) is 11.6 Å². The zero-order chi connectivity index (χ0) is 9.31. The molecule has 0 aromatic carbocycles. The van der Waals surface area contributed by atoms with Gasteiger partial charge >= 0.3 is 0 Å². The van der Waals surface area contributed by atoms with E-state index in [1.807, 2.05) is 0 Å². The van der Waals surface area contributed by atoms with Gasteiger partial charge in [0.25, 0.3) is 0 Å². The van der Waals surface area contributed by atoms with Crippen molar-refractivity contribution in [3.8, 4) is 0 Å². The molecule has 3 nitrogen and oxygen atoms in total. The van der Waals surface area contributed by atoms with Crippen molar-refractivity contribution in [2.45, 2.75) is 18.4 Å². The highest BCUT2D eigenvalue weighted by Gasteiger charge is 2.41. The third kappa shape index (κ3) is 1.78. The number of hydrogen-bond acceptors (Lipinski definition) is 3. The van der Waals surface area contributed by atoms with Crippen molar-refractivity contribution in [2.75, 3.05) is 11.9 Å². The maximum absolute atomic E-state index is 12.5. The molecule has 0 spiro atoms. The first-order valence-corrected chi connectivity index (χ1v) is 4.34. The molecule has 0 radical (unpaired) electrons. The van der Waals surface area contributed by atoms with Crippen LogP contribution in [0.15, 0.2) is 18.3 Å². The number of nitrogens with one attached hydrogen (secondary N) is 1. The van der Waals surface area contributed by atoms with E-state index in [0.717, 1.165) is 12.8 Å². The average Bonchev–Trinajstić information content (AvgIpc) is 2.90. The molecule has 0 aliphatic heterocycles. The predicted octanol–water partition coefficient (Wildman–Crippen LogP) is 1.12. The van der Waals surface area contributed by atoms with E-state index >= 15 is 0 Å². The van der Waals surface area contributed by atoms with Crippen LogP contribution in [0.25, 0.3) is 0 Å². The Morgan fingerprint density at radius 1 is 1.54 bits per heavy atom. The molecule has 4 heteroatoms. The largest absolute Gasteiger partial charge is 0.363 e. The Kier molecular flexibility index (Phi) is 1.92. The highest BCUT2D eigenvalue weighted by atomic mass is 19.1. The van der Waals surface area contributed by atoms with E-state index in [1.165, 1.54) is 12.3 Å². The van der Waals surface area contributed by atoms with E-state index in [0.29, 0.717) is 12.4 Å². The molecule has 1 aromatic heterocycles. The van der Waals surface area contributed by atoms with Gasteiger partial charge in [-0.25, -0.2) is 9.37 Å². The summed E-state index contributed by atoms with van der Waals surface area (Å²) in [4.78, 5) is 3.91. The minimum absolute atomic E-state index is 0.0326. The average molecular weight is 181 g/mol. The van der Waals surface area contributed by atoms with Crippen LogP contribution < -0.4 is 11.1 Å². The van der Waals surface area contributed by atoms with Gasteiger partial charge in [0.15, 0.2) is 0 Å². The maximum atomic E-state index is 12.5. The van der Waals surface area contributed by atoms with E-state index < -0.39 is 0 Å². The van der Waals surface area contributed by atoms with Gasteiger partial charge in [-0.2, -0.15) is 0 Å². The summed E-state index contributed by atoms with van der Waals surface area (Å²) in [5.41, 5.74) is 5.61. The molecule has 1 fully saturated rings. The van der Waals surface area contributed by atoms with Crippen LogP contribution in [0.5, 0.6) is 0 Å². The van der Waals surface area contributed by atoms with E-state index in [9.17, 15) is 4.39 Å². The van der Waals surface area contributed by atoms with Crippen molar-refractivity contribution in [3.63, 3.8) is 0 Å². The maximum Gasteiger partial charge on any atom is 0.141 e. The van der Waals surface area contributed by atoms with Gasteiger partial charge in [0.2, 0.25) is 0 Å². The molecule has 1 heterocycles. The van der Waals surface area contributed by atoms with Crippen LogP contribution in [0.1, 0.15) is 12.8 Å². The predicted molar refractivity (Wildman–Crippen MR) is 48.8 cm³/mol. The Labute approximate surface area is 76.2 Å². The summed E-state index contributed by atoms with van der Waals surface area (Å²) in [7, 11) is 0. The molecule has 0 unspecified atom stereocenters. The van der Waals surface area contributed by atoms with Gasteiger partial charge in [0, 0.05) is 6.54 Å². The van der Waals surface area contributed by atoms with Gasteiger partial charge in [-0.3, -0.25) is 0 Å². The number of nitrogens with two attached hydrogens (primary N) is 1. The molecule has 3 N–H and O–H groups in total. The smallest absolute Gasteiger partial charge is 0.141 e. The molecule has 1 aliphatic rings. The molecule has 13 heavy (non-hydrogen) atoms. The van der Waals surface area contributed by atoms with Gasteiger partial charge in [-0.15, -0.1) is 0 Å². The van der Waals surface area contributed by atoms with Crippen molar-refractivity contribution in [1.82, 2.24) is 4.98 Å². The van der Waals surface area contributed by atoms with Crippen LogP contribution >= 0.6 is 0 Å². The standard InChI is InChI=1S/C9H12FN3/c10-7-1-2-8(12-5-7)13-9(6-11)3-4-9/h1-2,5H,3-4,6,11H2,(H,12,13). The van der Waals surface area contributed by atoms with E-state index in [1.54, 1.807) is 6.07 Å². The highest BCUT2D eigenvalue weighted by molar-refractivity contribution is 5.40. The number of rotatable bonds is 3. The lowest BCUT2D eigenvalue weighted by Crippen LogP contribution is -2.31. The Balaban J connectivity index is 2.06. The molecule has 0 amide bonds. The molecular weight excluding hydrogens is 169 g/mol. The first-order chi connectivity index (χ1) is 6.24. The van der Waals surface area contributed by atoms with Crippen LogP contribution in [0.3, 0.4) is 0 Å². The Morgan fingerprint density at radius 2 is 2.31 bits per heavy atom. The van der Waals surface area contributed by atoms with Crippen molar-refractivity contribution in [3.05, 3.63) is 24.1 Å². The summed E-state index contributed by atoms with van der Waals surface area (Å²) in [5, 5.41) is 3.20. The van der Waals surface area contributed by atoms with Gasteiger partial charge in [-0.1, -0.05) is 0 Å². The van der Waals surface area contributed by atoms with Crippen molar-refractivity contribution >= 4 is 5.82 Å². The number of halogens is 1. The quantitative estimate of drug-likeness (QED) is 0.734. The second-order valence-corrected chi connectivity index (χ2v) is 3.47. The normalized spacial score (nSPS) is 18.3. The zero-order valence-electron chi connectivity index (χ0n) is 7.26. The summed E-state index contributed by atoms with van der Waals surface area (Å²) in [6.07, 6.45) is 3.35. The molecule has 0 saturated heterocycles. The van der Waals surface area contributed by atoms with E-state index in [-0.39, 0.29) is 11.4 Å². The Bertz CT molecular complexity index is 292. The third-order valence-electron chi connectivity index (χ3n) is 2.36. The number of anilines is 1. The minimum atomic E-state index is -0.317. The SMILES string of the molecule is NCC1(Nc2ccc(F)cn2)CC1. The van der Waals surface area contributed by atoms with E-state index in [4.69, 9.17) is 5.73 Å². The fourth-order valence-electron chi connectivity index (χ4n) is 1.25. The molecule has 1 aliphatic carbocycles. The molecule has 1 aromatic rings. The number of pyridine rings is 1. The van der Waals surface area contributed by atoms with Crippen LogP contribution in [-0.4, -0.2) is 17.1 Å². The van der Waals surface area contributed by atoms with Crippen molar-refractivity contribution in [2.24, 2.45) is 5.73 Å². The second kappa shape index (κ2) is 2.96. The first-order valence-electron chi connectivity index (χ1n) is 4.34.